The van der Waals surface area contributed by atoms with Crippen LogP contribution in [0.3, 0.4) is 0 Å². The fourth-order valence-electron chi connectivity index (χ4n) is 0.534. The maximum atomic E-state index is 3.92. The van der Waals surface area contributed by atoms with Crippen molar-refractivity contribution in [2.75, 3.05) is 5.75 Å². The average molecular weight is 198 g/mol. The summed E-state index contributed by atoms with van der Waals surface area (Å²) < 4.78 is 0. The number of benzene rings is 1. The summed E-state index contributed by atoms with van der Waals surface area (Å²) in [7, 11) is 0. The summed E-state index contributed by atoms with van der Waals surface area (Å²) >= 11 is 3.92. The van der Waals surface area contributed by atoms with Crippen LogP contribution in [0, 0.1) is 6.92 Å². The van der Waals surface area contributed by atoms with Crippen molar-refractivity contribution in [1.82, 2.24) is 0 Å². The van der Waals surface area contributed by atoms with Gasteiger partial charge in [-0.05, 0) is 19.1 Å². The Bertz CT molecular complexity index is 156. The van der Waals surface area contributed by atoms with E-state index in [2.05, 4.69) is 38.6 Å². The number of hydrogen-bond acceptors (Lipinski definition) is 1. The van der Waals surface area contributed by atoms with Crippen molar-refractivity contribution >= 4 is 12.6 Å². The lowest BCUT2D eigenvalue weighted by Gasteiger charge is -1.82. The molecule has 0 unspecified atom stereocenters. The van der Waals surface area contributed by atoms with Crippen molar-refractivity contribution in [3.63, 3.8) is 0 Å². The first kappa shape index (κ1) is 15.1. The molecule has 0 saturated heterocycles. The van der Waals surface area contributed by atoms with Crippen molar-refractivity contribution < 1.29 is 0 Å². The molecule has 0 N–H and O–H groups in total. The van der Waals surface area contributed by atoms with Crippen molar-refractivity contribution in [2.24, 2.45) is 0 Å². The van der Waals surface area contributed by atoms with Gasteiger partial charge in [-0.1, -0.05) is 56.7 Å². The maximum Gasteiger partial charge on any atom is -0.0101 e. The molecule has 1 aromatic carbocycles. The van der Waals surface area contributed by atoms with Gasteiger partial charge in [0.25, 0.3) is 0 Å². The summed E-state index contributed by atoms with van der Waals surface area (Å²) in [5.74, 6) is 1.01. The Balaban J connectivity index is 0. The molecule has 1 heteroatoms. The summed E-state index contributed by atoms with van der Waals surface area (Å²) in [5.41, 5.74) is 1.32. The minimum Gasteiger partial charge on any atom is -0.179 e. The van der Waals surface area contributed by atoms with E-state index in [0.717, 1.165) is 5.75 Å². The second kappa shape index (κ2) is 14.1. The van der Waals surface area contributed by atoms with Crippen molar-refractivity contribution in [3.8, 4) is 0 Å². The van der Waals surface area contributed by atoms with Crippen LogP contribution >= 0.6 is 12.6 Å². The average Bonchev–Trinajstić information content (AvgIpc) is 2.22. The summed E-state index contributed by atoms with van der Waals surface area (Å²) in [6.07, 6.45) is 1.18. The number of rotatable bonds is 1. The van der Waals surface area contributed by atoms with Gasteiger partial charge in [-0.15, -0.1) is 0 Å². The molecule has 0 heterocycles. The summed E-state index contributed by atoms with van der Waals surface area (Å²) in [5, 5.41) is 0. The van der Waals surface area contributed by atoms with Gasteiger partial charge in [0, 0.05) is 0 Å². The van der Waals surface area contributed by atoms with Gasteiger partial charge < -0.3 is 0 Å². The van der Waals surface area contributed by atoms with Crippen LogP contribution in [0.4, 0.5) is 0 Å². The highest BCUT2D eigenvalue weighted by Crippen LogP contribution is 1.92. The topological polar surface area (TPSA) is 0 Å². The molecule has 0 bridgehead atoms. The molecule has 0 radical (unpaired) electrons. The predicted molar refractivity (Wildman–Crippen MR) is 66.7 cm³/mol. The molecular formula is C12H22S. The molecule has 0 spiro atoms. The van der Waals surface area contributed by atoms with E-state index in [4.69, 9.17) is 0 Å². The van der Waals surface area contributed by atoms with Gasteiger partial charge in [-0.2, -0.15) is 12.6 Å². The lowest BCUT2D eigenvalue weighted by atomic mass is 10.2. The smallest absolute Gasteiger partial charge is 0.0101 e. The molecule has 0 aliphatic carbocycles. The first-order chi connectivity index (χ1) is 6.31. The Hall–Kier alpha value is -0.430. The summed E-state index contributed by atoms with van der Waals surface area (Å²) in [6.45, 7) is 8.19. The Morgan fingerprint density at radius 1 is 1.08 bits per heavy atom. The Morgan fingerprint density at radius 3 is 1.62 bits per heavy atom. The van der Waals surface area contributed by atoms with Gasteiger partial charge >= 0.3 is 0 Å². The first-order valence-electron chi connectivity index (χ1n) is 4.93. The molecule has 13 heavy (non-hydrogen) atoms. The molecule has 0 amide bonds. The van der Waals surface area contributed by atoms with Crippen LogP contribution in [0.25, 0.3) is 0 Å². The van der Waals surface area contributed by atoms with Gasteiger partial charge in [0.1, 0.15) is 0 Å². The Labute approximate surface area is 88.8 Å². The SMILES string of the molecule is CC.CCCS.Cc1ccccc1. The minimum absolute atomic E-state index is 1.01. The molecule has 0 aliphatic rings. The number of thiol groups is 1. The van der Waals surface area contributed by atoms with Gasteiger partial charge in [0.15, 0.2) is 0 Å². The molecule has 0 nitrogen and oxygen atoms in total. The third-order valence-electron chi connectivity index (χ3n) is 1.16. The van der Waals surface area contributed by atoms with E-state index in [-0.39, 0.29) is 0 Å². The van der Waals surface area contributed by atoms with E-state index < -0.39 is 0 Å². The van der Waals surface area contributed by atoms with Crippen molar-refractivity contribution in [1.29, 1.82) is 0 Å². The highest BCUT2D eigenvalue weighted by Gasteiger charge is 1.72. The van der Waals surface area contributed by atoms with E-state index in [1.807, 2.05) is 32.0 Å². The zero-order valence-corrected chi connectivity index (χ0v) is 10.1. The van der Waals surface area contributed by atoms with Crippen LogP contribution in [0.2, 0.25) is 0 Å². The second-order valence-electron chi connectivity index (χ2n) is 2.38. The highest BCUT2D eigenvalue weighted by molar-refractivity contribution is 7.80. The third-order valence-corrected chi connectivity index (χ3v) is 1.61. The first-order valence-corrected chi connectivity index (χ1v) is 5.57. The molecule has 0 atom stereocenters. The zero-order chi connectivity index (χ0) is 10.5. The summed E-state index contributed by atoms with van der Waals surface area (Å²) in [4.78, 5) is 0. The van der Waals surface area contributed by atoms with Crippen molar-refractivity contribution in [3.05, 3.63) is 35.9 Å². The number of aryl methyl sites for hydroxylation is 1. The van der Waals surface area contributed by atoms with Crippen LogP contribution in [-0.4, -0.2) is 5.75 Å². The molecular weight excluding hydrogens is 176 g/mol. The van der Waals surface area contributed by atoms with E-state index in [0.29, 0.717) is 0 Å². The van der Waals surface area contributed by atoms with E-state index in [9.17, 15) is 0 Å². The molecule has 76 valence electrons. The van der Waals surface area contributed by atoms with E-state index in [1.165, 1.54) is 12.0 Å². The number of hydrogen-bond donors (Lipinski definition) is 1. The van der Waals surface area contributed by atoms with Crippen LogP contribution in [0.5, 0.6) is 0 Å². The largest absolute Gasteiger partial charge is 0.179 e. The van der Waals surface area contributed by atoms with E-state index in [1.54, 1.807) is 0 Å². The van der Waals surface area contributed by atoms with Gasteiger partial charge in [0.2, 0.25) is 0 Å². The standard InChI is InChI=1S/C7H8.C3H8S.C2H6/c1-7-5-3-2-4-6-7;1-2-3-4;1-2/h2-6H,1H3;4H,2-3H2,1H3;1-2H3. The van der Waals surface area contributed by atoms with Crippen LogP contribution in [0.15, 0.2) is 30.3 Å². The van der Waals surface area contributed by atoms with Gasteiger partial charge in [-0.25, -0.2) is 0 Å². The molecule has 0 aromatic heterocycles. The van der Waals surface area contributed by atoms with Gasteiger partial charge in [-0.3, -0.25) is 0 Å². The third kappa shape index (κ3) is 14.4. The Kier molecular flexibility index (Phi) is 16.4. The zero-order valence-electron chi connectivity index (χ0n) is 9.25. The van der Waals surface area contributed by atoms with E-state index >= 15 is 0 Å². The van der Waals surface area contributed by atoms with Crippen molar-refractivity contribution in [2.45, 2.75) is 34.1 Å². The lowest BCUT2D eigenvalue weighted by molar-refractivity contribution is 1.11. The maximum absolute atomic E-state index is 3.92. The van der Waals surface area contributed by atoms with Gasteiger partial charge in [0.05, 0.1) is 0 Å². The molecule has 1 rings (SSSR count). The molecule has 0 saturated carbocycles. The predicted octanol–water partition coefficient (Wildman–Crippen LogP) is 4.35. The normalized spacial score (nSPS) is 7.46. The molecule has 1 aromatic rings. The summed E-state index contributed by atoms with van der Waals surface area (Å²) in [6, 6.07) is 10.3. The minimum atomic E-state index is 1.01. The second-order valence-corrected chi connectivity index (χ2v) is 2.83. The van der Waals surface area contributed by atoms with Crippen LogP contribution in [-0.2, 0) is 0 Å². The molecule has 0 aliphatic heterocycles. The highest BCUT2D eigenvalue weighted by atomic mass is 32.1. The quantitative estimate of drug-likeness (QED) is 0.637. The fraction of sp³-hybridized carbons (Fsp3) is 0.500. The van der Waals surface area contributed by atoms with Crippen LogP contribution in [0.1, 0.15) is 32.8 Å². The Morgan fingerprint density at radius 2 is 1.46 bits per heavy atom. The molecule has 0 fully saturated rings. The lowest BCUT2D eigenvalue weighted by Crippen LogP contribution is -1.62. The monoisotopic (exact) mass is 198 g/mol. The fourth-order valence-corrected chi connectivity index (χ4v) is 0.534. The van der Waals surface area contributed by atoms with Crippen LogP contribution < -0.4 is 0 Å².